The van der Waals surface area contributed by atoms with E-state index in [1.807, 2.05) is 0 Å². The molecule has 0 saturated heterocycles. The molecule has 1 fully saturated rings. The fourth-order valence-corrected chi connectivity index (χ4v) is 3.95. The maximum Gasteiger partial charge on any atom is 0.305 e. The molecule has 2 rings (SSSR count). The van der Waals surface area contributed by atoms with E-state index in [9.17, 15) is 9.59 Å². The van der Waals surface area contributed by atoms with Gasteiger partial charge in [-0.3, -0.25) is 9.59 Å². The van der Waals surface area contributed by atoms with Crippen LogP contribution in [0.3, 0.4) is 0 Å². The number of carbonyl (C=O) groups excluding carboxylic acids is 1. The van der Waals surface area contributed by atoms with Gasteiger partial charge in [0.05, 0.1) is 21.9 Å². The van der Waals surface area contributed by atoms with E-state index in [2.05, 4.69) is 5.32 Å². The number of aliphatic carboxylic acids is 1. The van der Waals surface area contributed by atoms with Crippen LogP contribution in [-0.4, -0.2) is 22.5 Å². The summed E-state index contributed by atoms with van der Waals surface area (Å²) in [4.78, 5) is 23.1. The fraction of sp³-hybridized carbons (Fsp3) is 0.500. The van der Waals surface area contributed by atoms with Crippen molar-refractivity contribution in [2.75, 3.05) is 0 Å². The Morgan fingerprint density at radius 3 is 2.47 bits per heavy atom. The van der Waals surface area contributed by atoms with Gasteiger partial charge in [0.1, 0.15) is 4.34 Å². The van der Waals surface area contributed by atoms with Gasteiger partial charge < -0.3 is 10.4 Å². The van der Waals surface area contributed by atoms with Crippen molar-refractivity contribution in [1.29, 1.82) is 0 Å². The third-order valence-electron chi connectivity index (χ3n) is 3.33. The van der Waals surface area contributed by atoms with Crippen LogP contribution in [0.2, 0.25) is 8.67 Å². The molecule has 19 heavy (non-hydrogen) atoms. The summed E-state index contributed by atoms with van der Waals surface area (Å²) in [5.74, 6) is -1.26. The Labute approximate surface area is 124 Å². The molecular formula is C12H13Cl2NO3S. The molecule has 1 aromatic heterocycles. The molecule has 0 aromatic carbocycles. The highest BCUT2D eigenvalue weighted by molar-refractivity contribution is 7.20. The smallest absolute Gasteiger partial charge is 0.305 e. The molecule has 104 valence electrons. The van der Waals surface area contributed by atoms with Crippen LogP contribution < -0.4 is 5.32 Å². The number of hydrogen-bond donors (Lipinski definition) is 2. The second kappa shape index (κ2) is 5.69. The number of carboxylic acids is 1. The van der Waals surface area contributed by atoms with Crippen molar-refractivity contribution in [2.45, 2.75) is 37.6 Å². The summed E-state index contributed by atoms with van der Waals surface area (Å²) in [6.45, 7) is 0. The highest BCUT2D eigenvalue weighted by Crippen LogP contribution is 2.35. The van der Waals surface area contributed by atoms with Crippen molar-refractivity contribution >= 4 is 46.4 Å². The van der Waals surface area contributed by atoms with Gasteiger partial charge in [0.25, 0.3) is 5.91 Å². The van der Waals surface area contributed by atoms with E-state index in [4.69, 9.17) is 28.3 Å². The number of carboxylic acid groups (broad SMARTS) is 1. The molecule has 1 saturated carbocycles. The van der Waals surface area contributed by atoms with E-state index < -0.39 is 11.5 Å². The van der Waals surface area contributed by atoms with Gasteiger partial charge in [0.2, 0.25) is 0 Å². The van der Waals surface area contributed by atoms with Crippen LogP contribution in [-0.2, 0) is 4.79 Å². The third-order valence-corrected chi connectivity index (χ3v) is 4.82. The normalized spacial score (nSPS) is 17.4. The van der Waals surface area contributed by atoms with Crippen molar-refractivity contribution < 1.29 is 14.7 Å². The number of amides is 1. The Morgan fingerprint density at radius 2 is 2.00 bits per heavy atom. The predicted octanol–water partition coefficient (Wildman–Crippen LogP) is 3.57. The molecule has 1 aliphatic rings. The minimum atomic E-state index is -0.906. The molecule has 7 heteroatoms. The minimum Gasteiger partial charge on any atom is -0.481 e. The first kappa shape index (κ1) is 14.6. The van der Waals surface area contributed by atoms with Gasteiger partial charge in [-0.25, -0.2) is 0 Å². The predicted molar refractivity (Wildman–Crippen MR) is 75.3 cm³/mol. The number of thiophene rings is 1. The van der Waals surface area contributed by atoms with E-state index in [0.717, 1.165) is 24.2 Å². The summed E-state index contributed by atoms with van der Waals surface area (Å²) in [6.07, 6.45) is 3.15. The molecule has 1 aliphatic carbocycles. The lowest BCUT2D eigenvalue weighted by Gasteiger charge is -2.28. The van der Waals surface area contributed by atoms with Gasteiger partial charge in [-0.05, 0) is 18.9 Å². The van der Waals surface area contributed by atoms with E-state index in [1.54, 1.807) is 0 Å². The summed E-state index contributed by atoms with van der Waals surface area (Å²) >= 11 is 12.9. The van der Waals surface area contributed by atoms with Crippen molar-refractivity contribution in [1.82, 2.24) is 5.32 Å². The van der Waals surface area contributed by atoms with E-state index in [-0.39, 0.29) is 12.3 Å². The lowest BCUT2D eigenvalue weighted by Crippen LogP contribution is -2.47. The third kappa shape index (κ3) is 3.41. The maximum atomic E-state index is 12.2. The quantitative estimate of drug-likeness (QED) is 0.890. The van der Waals surface area contributed by atoms with Crippen LogP contribution in [0, 0.1) is 0 Å². The minimum absolute atomic E-state index is 0.0613. The lowest BCUT2D eigenvalue weighted by atomic mass is 9.93. The summed E-state index contributed by atoms with van der Waals surface area (Å²) in [5, 5.41) is 11.8. The van der Waals surface area contributed by atoms with Crippen molar-refractivity contribution in [3.8, 4) is 0 Å². The van der Waals surface area contributed by atoms with Crippen LogP contribution >= 0.6 is 34.5 Å². The average molecular weight is 322 g/mol. The number of rotatable bonds is 4. The molecule has 1 heterocycles. The Bertz CT molecular complexity index is 509. The van der Waals surface area contributed by atoms with Crippen LogP contribution in [0.1, 0.15) is 42.5 Å². The van der Waals surface area contributed by atoms with Crippen LogP contribution in [0.4, 0.5) is 0 Å². The first-order valence-electron chi connectivity index (χ1n) is 5.91. The molecule has 0 atom stereocenters. The van der Waals surface area contributed by atoms with E-state index in [1.165, 1.54) is 6.07 Å². The zero-order valence-electron chi connectivity index (χ0n) is 10.0. The zero-order chi connectivity index (χ0) is 14.0. The number of hydrogen-bond acceptors (Lipinski definition) is 3. The van der Waals surface area contributed by atoms with Gasteiger partial charge in [-0.1, -0.05) is 36.0 Å². The van der Waals surface area contributed by atoms with Crippen molar-refractivity contribution in [2.24, 2.45) is 0 Å². The molecule has 1 amide bonds. The van der Waals surface area contributed by atoms with Crippen LogP contribution in [0.25, 0.3) is 0 Å². The maximum absolute atomic E-state index is 12.2. The molecule has 0 radical (unpaired) electrons. The molecule has 4 nitrogen and oxygen atoms in total. The number of nitrogens with one attached hydrogen (secondary N) is 1. The molecule has 0 unspecified atom stereocenters. The lowest BCUT2D eigenvalue weighted by molar-refractivity contribution is -0.138. The largest absolute Gasteiger partial charge is 0.481 e. The molecule has 2 N–H and O–H groups in total. The molecule has 0 spiro atoms. The molecule has 0 aliphatic heterocycles. The number of carbonyl (C=O) groups is 2. The molecule has 0 bridgehead atoms. The summed E-state index contributed by atoms with van der Waals surface area (Å²) < 4.78 is 0.764. The van der Waals surface area contributed by atoms with Gasteiger partial charge in [0, 0.05) is 0 Å². The number of halogens is 2. The fourth-order valence-electron chi connectivity index (χ4n) is 2.49. The topological polar surface area (TPSA) is 66.4 Å². The Balaban J connectivity index is 2.15. The Hall–Kier alpha value is -0.780. The monoisotopic (exact) mass is 321 g/mol. The van der Waals surface area contributed by atoms with Crippen molar-refractivity contribution in [3.05, 3.63) is 20.3 Å². The Kier molecular flexibility index (Phi) is 4.38. The molecular weight excluding hydrogens is 309 g/mol. The highest BCUT2D eigenvalue weighted by Gasteiger charge is 2.38. The second-order valence-electron chi connectivity index (χ2n) is 4.75. The second-order valence-corrected chi connectivity index (χ2v) is 7.04. The van der Waals surface area contributed by atoms with E-state index >= 15 is 0 Å². The SMILES string of the molecule is O=C(O)CC1(NC(=O)c2cc(Cl)sc2Cl)CCCC1. The first-order valence-corrected chi connectivity index (χ1v) is 7.48. The highest BCUT2D eigenvalue weighted by atomic mass is 35.5. The summed E-state index contributed by atoms with van der Waals surface area (Å²) in [6, 6.07) is 1.51. The zero-order valence-corrected chi connectivity index (χ0v) is 12.4. The van der Waals surface area contributed by atoms with Gasteiger partial charge in [-0.2, -0.15) is 0 Å². The van der Waals surface area contributed by atoms with Crippen molar-refractivity contribution in [3.63, 3.8) is 0 Å². The summed E-state index contributed by atoms with van der Waals surface area (Å²) in [5.41, 5.74) is -0.339. The molecule has 1 aromatic rings. The standard InChI is InChI=1S/C12H13Cl2NO3S/c13-8-5-7(10(14)19-8)11(18)15-12(6-9(16)17)3-1-2-4-12/h5H,1-4,6H2,(H,15,18)(H,16,17). The van der Waals surface area contributed by atoms with Crippen LogP contribution in [0.15, 0.2) is 6.07 Å². The average Bonchev–Trinajstić information content (AvgIpc) is 2.85. The Morgan fingerprint density at radius 1 is 1.37 bits per heavy atom. The first-order chi connectivity index (χ1) is 8.92. The van der Waals surface area contributed by atoms with Gasteiger partial charge in [-0.15, -0.1) is 11.3 Å². The summed E-state index contributed by atoms with van der Waals surface area (Å²) in [7, 11) is 0. The van der Waals surface area contributed by atoms with Crippen LogP contribution in [0.5, 0.6) is 0 Å². The van der Waals surface area contributed by atoms with E-state index in [0.29, 0.717) is 27.1 Å². The van der Waals surface area contributed by atoms with Gasteiger partial charge in [0.15, 0.2) is 0 Å². The van der Waals surface area contributed by atoms with Gasteiger partial charge >= 0.3 is 5.97 Å².